The molecular formula is C16H13N3O3. The SMILES string of the molecule is COc1ccc2[nH]cc(C(=O)Nc3ccncc3)c(=O)c2c1. The zero-order chi connectivity index (χ0) is 15.5. The molecule has 3 aromatic rings. The molecule has 0 atom stereocenters. The van der Waals surface area contributed by atoms with Crippen LogP contribution in [0.25, 0.3) is 10.9 Å². The van der Waals surface area contributed by atoms with E-state index < -0.39 is 5.91 Å². The molecular weight excluding hydrogens is 282 g/mol. The predicted octanol–water partition coefficient (Wildman–Crippen LogP) is 2.18. The number of H-pyrrole nitrogens is 1. The van der Waals surface area contributed by atoms with Gasteiger partial charge in [-0.05, 0) is 30.3 Å². The van der Waals surface area contributed by atoms with E-state index in [2.05, 4.69) is 15.3 Å². The summed E-state index contributed by atoms with van der Waals surface area (Å²) in [6.07, 6.45) is 4.53. The first-order valence-corrected chi connectivity index (χ1v) is 6.60. The van der Waals surface area contributed by atoms with Crippen LogP contribution in [0.15, 0.2) is 53.7 Å². The molecule has 0 aliphatic carbocycles. The largest absolute Gasteiger partial charge is 0.497 e. The van der Waals surface area contributed by atoms with E-state index in [-0.39, 0.29) is 11.0 Å². The Hall–Kier alpha value is -3.15. The van der Waals surface area contributed by atoms with Gasteiger partial charge >= 0.3 is 0 Å². The fraction of sp³-hybridized carbons (Fsp3) is 0.0625. The Labute approximate surface area is 125 Å². The van der Waals surface area contributed by atoms with Crippen LogP contribution >= 0.6 is 0 Å². The number of carbonyl (C=O) groups excluding carboxylic acids is 1. The second-order valence-corrected chi connectivity index (χ2v) is 4.63. The lowest BCUT2D eigenvalue weighted by atomic mass is 10.1. The molecule has 0 aliphatic rings. The molecule has 6 heteroatoms. The first-order valence-electron chi connectivity index (χ1n) is 6.60. The summed E-state index contributed by atoms with van der Waals surface area (Å²) >= 11 is 0. The van der Waals surface area contributed by atoms with Gasteiger partial charge in [0.1, 0.15) is 11.3 Å². The molecule has 0 unspecified atom stereocenters. The maximum Gasteiger partial charge on any atom is 0.261 e. The minimum Gasteiger partial charge on any atom is -0.497 e. The fourth-order valence-electron chi connectivity index (χ4n) is 2.13. The average molecular weight is 295 g/mol. The molecule has 22 heavy (non-hydrogen) atoms. The van der Waals surface area contributed by atoms with Crippen LogP contribution < -0.4 is 15.5 Å². The number of fused-ring (bicyclic) bond motifs is 1. The monoisotopic (exact) mass is 295 g/mol. The van der Waals surface area contributed by atoms with E-state index in [9.17, 15) is 9.59 Å². The van der Waals surface area contributed by atoms with Crippen LogP contribution in [-0.4, -0.2) is 23.0 Å². The van der Waals surface area contributed by atoms with E-state index in [1.165, 1.54) is 13.3 Å². The Morgan fingerprint density at radius 1 is 1.23 bits per heavy atom. The minimum absolute atomic E-state index is 0.0394. The molecule has 0 bridgehead atoms. The first-order chi connectivity index (χ1) is 10.7. The summed E-state index contributed by atoms with van der Waals surface area (Å²) < 4.78 is 5.11. The number of ether oxygens (including phenoxy) is 1. The van der Waals surface area contributed by atoms with E-state index in [0.29, 0.717) is 22.3 Å². The molecule has 0 fully saturated rings. The van der Waals surface area contributed by atoms with E-state index >= 15 is 0 Å². The number of methoxy groups -OCH3 is 1. The lowest BCUT2D eigenvalue weighted by Gasteiger charge is -2.06. The number of pyridine rings is 2. The smallest absolute Gasteiger partial charge is 0.261 e. The Morgan fingerprint density at radius 3 is 2.73 bits per heavy atom. The molecule has 6 nitrogen and oxygen atoms in total. The van der Waals surface area contributed by atoms with Gasteiger partial charge in [0.2, 0.25) is 5.43 Å². The molecule has 2 aromatic heterocycles. The van der Waals surface area contributed by atoms with Crippen LogP contribution in [0, 0.1) is 0 Å². The van der Waals surface area contributed by atoms with Crippen molar-refractivity contribution in [2.75, 3.05) is 12.4 Å². The Bertz CT molecular complexity index is 888. The summed E-state index contributed by atoms with van der Waals surface area (Å²) in [6.45, 7) is 0. The molecule has 0 saturated carbocycles. The van der Waals surface area contributed by atoms with Crippen LogP contribution in [0.3, 0.4) is 0 Å². The summed E-state index contributed by atoms with van der Waals surface area (Å²) in [5.74, 6) is 0.0851. The number of hydrogen-bond acceptors (Lipinski definition) is 4. The number of aromatic nitrogens is 2. The zero-order valence-corrected chi connectivity index (χ0v) is 11.8. The molecule has 0 aliphatic heterocycles. The van der Waals surface area contributed by atoms with Crippen molar-refractivity contribution in [2.45, 2.75) is 0 Å². The molecule has 0 radical (unpaired) electrons. The quantitative estimate of drug-likeness (QED) is 0.775. The van der Waals surface area contributed by atoms with Gasteiger partial charge in [0, 0.05) is 35.2 Å². The maximum atomic E-state index is 12.5. The number of anilines is 1. The highest BCUT2D eigenvalue weighted by molar-refractivity contribution is 6.05. The summed E-state index contributed by atoms with van der Waals surface area (Å²) in [5.41, 5.74) is 0.910. The highest BCUT2D eigenvalue weighted by atomic mass is 16.5. The van der Waals surface area contributed by atoms with Crippen LogP contribution in [0.1, 0.15) is 10.4 Å². The highest BCUT2D eigenvalue weighted by Crippen LogP contribution is 2.17. The van der Waals surface area contributed by atoms with Crippen molar-refractivity contribution in [3.05, 3.63) is 64.7 Å². The van der Waals surface area contributed by atoms with Crippen molar-refractivity contribution in [3.8, 4) is 5.75 Å². The third kappa shape index (κ3) is 2.54. The molecule has 2 N–H and O–H groups in total. The van der Waals surface area contributed by atoms with Crippen LogP contribution in [0.4, 0.5) is 5.69 Å². The van der Waals surface area contributed by atoms with E-state index in [1.54, 1.807) is 42.7 Å². The average Bonchev–Trinajstić information content (AvgIpc) is 2.56. The normalized spacial score (nSPS) is 10.4. The van der Waals surface area contributed by atoms with Gasteiger partial charge in [-0.25, -0.2) is 0 Å². The highest BCUT2D eigenvalue weighted by Gasteiger charge is 2.13. The predicted molar refractivity (Wildman–Crippen MR) is 83.3 cm³/mol. The van der Waals surface area contributed by atoms with E-state index in [1.807, 2.05) is 0 Å². The maximum absolute atomic E-state index is 12.5. The Kier molecular flexibility index (Phi) is 3.57. The lowest BCUT2D eigenvalue weighted by molar-refractivity contribution is 0.102. The topological polar surface area (TPSA) is 84.1 Å². The second-order valence-electron chi connectivity index (χ2n) is 4.63. The van der Waals surface area contributed by atoms with Gasteiger partial charge < -0.3 is 15.0 Å². The third-order valence-electron chi connectivity index (χ3n) is 3.27. The molecule has 1 amide bonds. The number of rotatable bonds is 3. The van der Waals surface area contributed by atoms with Crippen molar-refractivity contribution >= 4 is 22.5 Å². The Morgan fingerprint density at radius 2 is 2.00 bits per heavy atom. The summed E-state index contributed by atoms with van der Waals surface area (Å²) in [7, 11) is 1.52. The lowest BCUT2D eigenvalue weighted by Crippen LogP contribution is -2.21. The van der Waals surface area contributed by atoms with Gasteiger partial charge in [-0.1, -0.05) is 0 Å². The minimum atomic E-state index is -0.475. The second kappa shape index (κ2) is 5.69. The number of nitrogens with one attached hydrogen (secondary N) is 2. The summed E-state index contributed by atoms with van der Waals surface area (Å²) in [4.78, 5) is 31.5. The van der Waals surface area contributed by atoms with Crippen molar-refractivity contribution in [2.24, 2.45) is 0 Å². The van der Waals surface area contributed by atoms with Crippen LogP contribution in [0.2, 0.25) is 0 Å². The number of hydrogen-bond donors (Lipinski definition) is 2. The van der Waals surface area contributed by atoms with Gasteiger partial charge in [-0.3, -0.25) is 14.6 Å². The fourth-order valence-corrected chi connectivity index (χ4v) is 2.13. The van der Waals surface area contributed by atoms with E-state index in [4.69, 9.17) is 4.74 Å². The van der Waals surface area contributed by atoms with Crippen molar-refractivity contribution < 1.29 is 9.53 Å². The first kappa shape index (κ1) is 13.8. The van der Waals surface area contributed by atoms with Crippen LogP contribution in [0.5, 0.6) is 5.75 Å². The molecule has 0 spiro atoms. The van der Waals surface area contributed by atoms with Crippen molar-refractivity contribution in [1.29, 1.82) is 0 Å². The van der Waals surface area contributed by atoms with Gasteiger partial charge in [-0.15, -0.1) is 0 Å². The van der Waals surface area contributed by atoms with Crippen molar-refractivity contribution in [1.82, 2.24) is 9.97 Å². The molecule has 0 saturated heterocycles. The van der Waals surface area contributed by atoms with Gasteiger partial charge in [0.25, 0.3) is 5.91 Å². The van der Waals surface area contributed by atoms with Crippen LogP contribution in [-0.2, 0) is 0 Å². The molecule has 3 rings (SSSR count). The van der Waals surface area contributed by atoms with E-state index in [0.717, 1.165) is 0 Å². The molecule has 1 aromatic carbocycles. The van der Waals surface area contributed by atoms with Crippen molar-refractivity contribution in [3.63, 3.8) is 0 Å². The van der Waals surface area contributed by atoms with Gasteiger partial charge in [0.15, 0.2) is 0 Å². The number of aromatic amines is 1. The standard InChI is InChI=1S/C16H13N3O3/c1-22-11-2-3-14-12(8-11)15(20)13(9-18-14)16(21)19-10-4-6-17-7-5-10/h2-9H,1H3,(H,18,20)(H,17,19,21). The van der Waals surface area contributed by atoms with Gasteiger partial charge in [0.05, 0.1) is 7.11 Å². The number of benzene rings is 1. The molecule has 110 valence electrons. The van der Waals surface area contributed by atoms with Gasteiger partial charge in [-0.2, -0.15) is 0 Å². The summed E-state index contributed by atoms with van der Waals surface area (Å²) in [6, 6.07) is 8.39. The number of carbonyl (C=O) groups is 1. The summed E-state index contributed by atoms with van der Waals surface area (Å²) in [5, 5.41) is 3.07. The molecule has 2 heterocycles. The third-order valence-corrected chi connectivity index (χ3v) is 3.27. The number of amides is 1. The Balaban J connectivity index is 2.02. The zero-order valence-electron chi connectivity index (χ0n) is 11.8. The number of nitrogens with zero attached hydrogens (tertiary/aromatic N) is 1.